The molecule has 1 fully saturated rings. The molecule has 0 amide bonds. The zero-order valence-corrected chi connectivity index (χ0v) is 9.81. The summed E-state index contributed by atoms with van der Waals surface area (Å²) in [6.45, 7) is 3.15. The van der Waals surface area contributed by atoms with Crippen molar-refractivity contribution in [2.75, 3.05) is 13.1 Å². The molecule has 17 heavy (non-hydrogen) atoms. The number of nitrogens with one attached hydrogen (secondary N) is 1. The van der Waals surface area contributed by atoms with Crippen LogP contribution in [0.1, 0.15) is 18.9 Å². The molecule has 4 nitrogen and oxygen atoms in total. The molecule has 1 heterocycles. The molecule has 0 bridgehead atoms. The lowest BCUT2D eigenvalue weighted by Crippen LogP contribution is -2.55. The van der Waals surface area contributed by atoms with Crippen molar-refractivity contribution in [3.05, 3.63) is 29.8 Å². The van der Waals surface area contributed by atoms with E-state index in [1.165, 1.54) is 0 Å². The van der Waals surface area contributed by atoms with Gasteiger partial charge in [-0.05, 0) is 32.0 Å². The Morgan fingerprint density at radius 3 is 3.00 bits per heavy atom. The molecule has 0 aromatic heterocycles. The summed E-state index contributed by atoms with van der Waals surface area (Å²) in [6, 6.07) is 9.16. The van der Waals surface area contributed by atoms with E-state index in [0.717, 1.165) is 6.54 Å². The van der Waals surface area contributed by atoms with Gasteiger partial charge in [-0.25, -0.2) is 0 Å². The van der Waals surface area contributed by atoms with Gasteiger partial charge in [0.2, 0.25) is 0 Å². The average molecular weight is 232 g/mol. The van der Waals surface area contributed by atoms with Gasteiger partial charge in [0.05, 0.1) is 5.56 Å². The minimum atomic E-state index is -0.853. The smallest absolute Gasteiger partial charge is 0.139 e. The first-order valence-corrected chi connectivity index (χ1v) is 5.72. The highest BCUT2D eigenvalue weighted by atomic mass is 16.5. The zero-order chi connectivity index (χ0) is 12.3. The first-order valence-electron chi connectivity index (χ1n) is 5.72. The van der Waals surface area contributed by atoms with E-state index in [2.05, 4.69) is 11.4 Å². The number of nitriles is 1. The van der Waals surface area contributed by atoms with Crippen LogP contribution in [0, 0.1) is 11.3 Å². The molecule has 4 heteroatoms. The average Bonchev–Trinajstić information content (AvgIpc) is 2.32. The van der Waals surface area contributed by atoms with Gasteiger partial charge in [-0.3, -0.25) is 0 Å². The van der Waals surface area contributed by atoms with Crippen LogP contribution in [0.25, 0.3) is 0 Å². The summed E-state index contributed by atoms with van der Waals surface area (Å²) in [5, 5.41) is 22.4. The molecule has 2 atom stereocenters. The van der Waals surface area contributed by atoms with E-state index < -0.39 is 5.60 Å². The molecule has 90 valence electrons. The molecule has 2 unspecified atom stereocenters. The van der Waals surface area contributed by atoms with E-state index in [4.69, 9.17) is 10.00 Å². The third-order valence-electron chi connectivity index (χ3n) is 3.11. The molecule has 0 saturated carbocycles. The standard InChI is InChI=1S/C13H16N2O2/c1-13(16)6-7-15-9-12(13)17-11-5-3-2-4-10(11)8-14/h2-5,12,15-16H,6-7,9H2,1H3. The van der Waals surface area contributed by atoms with Crippen molar-refractivity contribution < 1.29 is 9.84 Å². The van der Waals surface area contributed by atoms with Crippen molar-refractivity contribution in [2.24, 2.45) is 0 Å². The van der Waals surface area contributed by atoms with Crippen LogP contribution in [0.2, 0.25) is 0 Å². The van der Waals surface area contributed by atoms with Crippen molar-refractivity contribution in [1.82, 2.24) is 5.32 Å². The molecule has 1 aliphatic heterocycles. The fourth-order valence-electron chi connectivity index (χ4n) is 1.94. The number of benzene rings is 1. The summed E-state index contributed by atoms with van der Waals surface area (Å²) in [6.07, 6.45) is 0.317. The van der Waals surface area contributed by atoms with Gasteiger partial charge in [0, 0.05) is 6.54 Å². The minimum Gasteiger partial charge on any atom is -0.485 e. The lowest BCUT2D eigenvalue weighted by Gasteiger charge is -2.37. The summed E-state index contributed by atoms with van der Waals surface area (Å²) < 4.78 is 5.76. The second kappa shape index (κ2) is 4.74. The van der Waals surface area contributed by atoms with E-state index in [0.29, 0.717) is 24.3 Å². The van der Waals surface area contributed by atoms with Crippen LogP contribution in [-0.4, -0.2) is 29.9 Å². The third kappa shape index (κ3) is 2.57. The Morgan fingerprint density at radius 2 is 2.29 bits per heavy atom. The molecular weight excluding hydrogens is 216 g/mol. The van der Waals surface area contributed by atoms with Crippen LogP contribution in [-0.2, 0) is 0 Å². The molecule has 0 radical (unpaired) electrons. The van der Waals surface area contributed by atoms with E-state index >= 15 is 0 Å². The largest absolute Gasteiger partial charge is 0.485 e. The van der Waals surface area contributed by atoms with Crippen LogP contribution < -0.4 is 10.1 Å². The summed E-state index contributed by atoms with van der Waals surface area (Å²) in [5.74, 6) is 0.531. The van der Waals surface area contributed by atoms with E-state index in [1.54, 1.807) is 25.1 Å². The van der Waals surface area contributed by atoms with Crippen LogP contribution in [0.3, 0.4) is 0 Å². The van der Waals surface area contributed by atoms with Gasteiger partial charge in [0.25, 0.3) is 0 Å². The van der Waals surface area contributed by atoms with E-state index in [-0.39, 0.29) is 6.10 Å². The van der Waals surface area contributed by atoms with Crippen LogP contribution in [0.15, 0.2) is 24.3 Å². The number of hydrogen-bond donors (Lipinski definition) is 2. The molecule has 0 aliphatic carbocycles. The Labute approximate surface area is 101 Å². The van der Waals surface area contributed by atoms with Crippen LogP contribution >= 0.6 is 0 Å². The molecule has 1 aromatic rings. The van der Waals surface area contributed by atoms with Gasteiger partial charge in [0.15, 0.2) is 0 Å². The summed E-state index contributed by atoms with van der Waals surface area (Å²) in [4.78, 5) is 0. The highest BCUT2D eigenvalue weighted by molar-refractivity contribution is 5.42. The Morgan fingerprint density at radius 1 is 1.53 bits per heavy atom. The molecule has 0 spiro atoms. The van der Waals surface area contributed by atoms with E-state index in [1.807, 2.05) is 6.07 Å². The lowest BCUT2D eigenvalue weighted by atomic mass is 9.91. The third-order valence-corrected chi connectivity index (χ3v) is 3.11. The highest BCUT2D eigenvalue weighted by Gasteiger charge is 2.36. The van der Waals surface area contributed by atoms with E-state index in [9.17, 15) is 5.11 Å². The van der Waals surface area contributed by atoms with Gasteiger partial charge < -0.3 is 15.2 Å². The normalized spacial score (nSPS) is 28.4. The maximum atomic E-state index is 10.2. The predicted molar refractivity (Wildman–Crippen MR) is 63.7 cm³/mol. The minimum absolute atomic E-state index is 0.328. The number of ether oxygens (including phenoxy) is 1. The van der Waals surface area contributed by atoms with Gasteiger partial charge in [0.1, 0.15) is 23.5 Å². The second-order valence-corrected chi connectivity index (χ2v) is 4.53. The summed E-state index contributed by atoms with van der Waals surface area (Å²) in [5.41, 5.74) is -0.359. The van der Waals surface area contributed by atoms with Crippen molar-refractivity contribution in [3.8, 4) is 11.8 Å². The maximum Gasteiger partial charge on any atom is 0.139 e. The van der Waals surface area contributed by atoms with Crippen LogP contribution in [0.5, 0.6) is 5.75 Å². The lowest BCUT2D eigenvalue weighted by molar-refractivity contribution is -0.0658. The van der Waals surface area contributed by atoms with Crippen molar-refractivity contribution in [3.63, 3.8) is 0 Å². The number of rotatable bonds is 2. The van der Waals surface area contributed by atoms with Crippen molar-refractivity contribution >= 4 is 0 Å². The van der Waals surface area contributed by atoms with Gasteiger partial charge in [-0.2, -0.15) is 5.26 Å². The van der Waals surface area contributed by atoms with Crippen molar-refractivity contribution in [1.29, 1.82) is 5.26 Å². The van der Waals surface area contributed by atoms with Gasteiger partial charge in [-0.1, -0.05) is 12.1 Å². The first kappa shape index (κ1) is 11.9. The quantitative estimate of drug-likeness (QED) is 0.800. The van der Waals surface area contributed by atoms with Gasteiger partial charge >= 0.3 is 0 Å². The SMILES string of the molecule is CC1(O)CCNCC1Oc1ccccc1C#N. The molecule has 2 rings (SSSR count). The molecule has 1 saturated heterocycles. The number of hydrogen-bond acceptors (Lipinski definition) is 4. The monoisotopic (exact) mass is 232 g/mol. The Balaban J connectivity index is 2.17. The number of piperidine rings is 1. The maximum absolute atomic E-state index is 10.2. The van der Waals surface area contributed by atoms with Gasteiger partial charge in [-0.15, -0.1) is 0 Å². The summed E-state index contributed by atoms with van der Waals surface area (Å²) in [7, 11) is 0. The first-order chi connectivity index (χ1) is 8.13. The second-order valence-electron chi connectivity index (χ2n) is 4.53. The van der Waals surface area contributed by atoms with Crippen LogP contribution in [0.4, 0.5) is 0 Å². The number of para-hydroxylation sites is 1. The number of nitrogens with zero attached hydrogens (tertiary/aromatic N) is 1. The predicted octanol–water partition coefficient (Wildman–Crippen LogP) is 1.05. The Bertz CT molecular complexity index is 437. The molecule has 2 N–H and O–H groups in total. The highest BCUT2D eigenvalue weighted by Crippen LogP contribution is 2.25. The fraction of sp³-hybridized carbons (Fsp3) is 0.462. The fourth-order valence-corrected chi connectivity index (χ4v) is 1.94. The molecule has 1 aromatic carbocycles. The zero-order valence-electron chi connectivity index (χ0n) is 9.81. The Hall–Kier alpha value is -1.57. The van der Waals surface area contributed by atoms with Crippen molar-refractivity contribution in [2.45, 2.75) is 25.0 Å². The topological polar surface area (TPSA) is 65.3 Å². The number of aliphatic hydroxyl groups is 1. The summed E-state index contributed by atoms with van der Waals surface area (Å²) >= 11 is 0. The molecule has 1 aliphatic rings. The Kier molecular flexibility index (Phi) is 3.32. The molecular formula is C13H16N2O2.